The SMILES string of the molecule is CC1=CNCCc2ccccc21.CCC. The third-order valence-electron chi connectivity index (χ3n) is 2.30. The zero-order valence-corrected chi connectivity index (χ0v) is 10.0. The number of nitrogens with one attached hydrogen (secondary N) is 1. The van der Waals surface area contributed by atoms with Gasteiger partial charge >= 0.3 is 0 Å². The zero-order chi connectivity index (χ0) is 11.1. The van der Waals surface area contributed by atoms with Crippen molar-refractivity contribution in [1.82, 2.24) is 5.32 Å². The molecule has 0 saturated carbocycles. The van der Waals surface area contributed by atoms with Gasteiger partial charge in [-0.15, -0.1) is 0 Å². The molecule has 15 heavy (non-hydrogen) atoms. The molecule has 0 unspecified atom stereocenters. The van der Waals surface area contributed by atoms with Crippen LogP contribution in [0.4, 0.5) is 0 Å². The molecule has 1 nitrogen and oxygen atoms in total. The van der Waals surface area contributed by atoms with Gasteiger partial charge < -0.3 is 5.32 Å². The summed E-state index contributed by atoms with van der Waals surface area (Å²) in [5, 5.41) is 3.28. The van der Waals surface area contributed by atoms with E-state index in [1.54, 1.807) is 0 Å². The van der Waals surface area contributed by atoms with Crippen molar-refractivity contribution in [2.24, 2.45) is 0 Å². The molecule has 0 aliphatic carbocycles. The third kappa shape index (κ3) is 3.43. The number of benzene rings is 1. The minimum atomic E-state index is 1.05. The average Bonchev–Trinajstić information content (AvgIpc) is 2.43. The molecule has 0 aromatic heterocycles. The lowest BCUT2D eigenvalue weighted by Crippen LogP contribution is -2.07. The average molecular weight is 203 g/mol. The van der Waals surface area contributed by atoms with E-state index in [4.69, 9.17) is 0 Å². The normalized spacial score (nSPS) is 13.7. The molecule has 1 aliphatic heterocycles. The molecule has 0 bridgehead atoms. The smallest absolute Gasteiger partial charge is 0.0182 e. The van der Waals surface area contributed by atoms with Crippen molar-refractivity contribution in [1.29, 1.82) is 0 Å². The van der Waals surface area contributed by atoms with E-state index in [0.29, 0.717) is 0 Å². The lowest BCUT2D eigenvalue weighted by atomic mass is 10.0. The van der Waals surface area contributed by atoms with E-state index in [-0.39, 0.29) is 0 Å². The lowest BCUT2D eigenvalue weighted by Gasteiger charge is -2.04. The van der Waals surface area contributed by atoms with E-state index in [2.05, 4.69) is 56.6 Å². The van der Waals surface area contributed by atoms with Gasteiger partial charge in [-0.3, -0.25) is 0 Å². The highest BCUT2D eigenvalue weighted by Gasteiger charge is 2.05. The Bertz CT molecular complexity index is 326. The van der Waals surface area contributed by atoms with Crippen molar-refractivity contribution in [3.05, 3.63) is 41.6 Å². The minimum absolute atomic E-state index is 1.05. The Morgan fingerprint density at radius 2 is 1.87 bits per heavy atom. The van der Waals surface area contributed by atoms with Gasteiger partial charge in [-0.25, -0.2) is 0 Å². The summed E-state index contributed by atoms with van der Waals surface area (Å²) < 4.78 is 0. The standard InChI is InChI=1S/C11H13N.C3H8/c1-9-8-12-7-6-10-4-2-3-5-11(9)10;1-3-2/h2-5,8,12H,6-7H2,1H3;3H2,1-2H3. The van der Waals surface area contributed by atoms with Crippen LogP contribution in [-0.2, 0) is 6.42 Å². The topological polar surface area (TPSA) is 12.0 Å². The van der Waals surface area contributed by atoms with Gasteiger partial charge in [0.15, 0.2) is 0 Å². The molecule has 1 aromatic carbocycles. The number of allylic oxidation sites excluding steroid dienone is 1. The number of hydrogen-bond acceptors (Lipinski definition) is 1. The van der Waals surface area contributed by atoms with Gasteiger partial charge in [0.2, 0.25) is 0 Å². The molecular formula is C14H21N. The van der Waals surface area contributed by atoms with Crippen LogP contribution in [0.5, 0.6) is 0 Å². The molecule has 0 atom stereocenters. The van der Waals surface area contributed by atoms with Crippen LogP contribution in [0.25, 0.3) is 5.57 Å². The van der Waals surface area contributed by atoms with Crippen LogP contribution >= 0.6 is 0 Å². The first-order chi connectivity index (χ1) is 7.29. The molecule has 0 radical (unpaired) electrons. The summed E-state index contributed by atoms with van der Waals surface area (Å²) in [6.07, 6.45) is 4.48. The van der Waals surface area contributed by atoms with Gasteiger partial charge in [0.25, 0.3) is 0 Å². The predicted molar refractivity (Wildman–Crippen MR) is 67.8 cm³/mol. The Morgan fingerprint density at radius 1 is 1.20 bits per heavy atom. The predicted octanol–water partition coefficient (Wildman–Crippen LogP) is 3.61. The fourth-order valence-corrected chi connectivity index (χ4v) is 1.63. The molecule has 0 fully saturated rings. The second-order valence-corrected chi connectivity index (χ2v) is 3.90. The van der Waals surface area contributed by atoms with E-state index in [1.807, 2.05) is 0 Å². The first kappa shape index (κ1) is 11.8. The van der Waals surface area contributed by atoms with Crippen molar-refractivity contribution < 1.29 is 0 Å². The van der Waals surface area contributed by atoms with Crippen molar-refractivity contribution in [3.63, 3.8) is 0 Å². The van der Waals surface area contributed by atoms with Crippen LogP contribution in [0.15, 0.2) is 30.5 Å². The molecule has 1 heteroatoms. The maximum atomic E-state index is 3.28. The molecular weight excluding hydrogens is 182 g/mol. The van der Waals surface area contributed by atoms with Gasteiger partial charge in [0, 0.05) is 6.54 Å². The Balaban J connectivity index is 0.000000337. The summed E-state index contributed by atoms with van der Waals surface area (Å²) in [7, 11) is 0. The van der Waals surface area contributed by atoms with Gasteiger partial charge in [0.1, 0.15) is 0 Å². The lowest BCUT2D eigenvalue weighted by molar-refractivity contribution is 0.842. The second-order valence-electron chi connectivity index (χ2n) is 3.90. The zero-order valence-electron chi connectivity index (χ0n) is 10.0. The quantitative estimate of drug-likeness (QED) is 0.679. The van der Waals surface area contributed by atoms with Gasteiger partial charge in [-0.1, -0.05) is 44.5 Å². The molecule has 2 rings (SSSR count). The van der Waals surface area contributed by atoms with E-state index in [1.165, 1.54) is 23.1 Å². The minimum Gasteiger partial charge on any atom is -0.390 e. The highest BCUT2D eigenvalue weighted by molar-refractivity contribution is 5.66. The Kier molecular flexibility index (Phi) is 4.96. The van der Waals surface area contributed by atoms with E-state index >= 15 is 0 Å². The number of rotatable bonds is 0. The third-order valence-corrected chi connectivity index (χ3v) is 2.30. The van der Waals surface area contributed by atoms with Crippen molar-refractivity contribution >= 4 is 5.57 Å². The molecule has 1 aliphatic rings. The van der Waals surface area contributed by atoms with Gasteiger partial charge in [-0.2, -0.15) is 0 Å². The number of hydrogen-bond donors (Lipinski definition) is 1. The van der Waals surface area contributed by atoms with Gasteiger partial charge in [-0.05, 0) is 36.2 Å². The number of fused-ring (bicyclic) bond motifs is 1. The fourth-order valence-electron chi connectivity index (χ4n) is 1.63. The summed E-state index contributed by atoms with van der Waals surface area (Å²) in [5.41, 5.74) is 4.18. The highest BCUT2D eigenvalue weighted by Crippen LogP contribution is 2.19. The molecule has 0 amide bonds. The van der Waals surface area contributed by atoms with Crippen LogP contribution in [0.1, 0.15) is 38.3 Å². The summed E-state index contributed by atoms with van der Waals surface area (Å²) in [4.78, 5) is 0. The largest absolute Gasteiger partial charge is 0.390 e. The van der Waals surface area contributed by atoms with E-state index in [0.717, 1.165) is 13.0 Å². The summed E-state index contributed by atoms with van der Waals surface area (Å²) in [5.74, 6) is 0. The second kappa shape index (κ2) is 6.28. The van der Waals surface area contributed by atoms with Gasteiger partial charge in [0.05, 0.1) is 0 Å². The van der Waals surface area contributed by atoms with Crippen LogP contribution in [0.3, 0.4) is 0 Å². The first-order valence-corrected chi connectivity index (χ1v) is 5.78. The Labute approximate surface area is 93.2 Å². The molecule has 1 aromatic rings. The van der Waals surface area contributed by atoms with E-state index in [9.17, 15) is 0 Å². The maximum absolute atomic E-state index is 3.28. The fraction of sp³-hybridized carbons (Fsp3) is 0.429. The Hall–Kier alpha value is -1.24. The molecule has 82 valence electrons. The van der Waals surface area contributed by atoms with E-state index < -0.39 is 0 Å². The maximum Gasteiger partial charge on any atom is 0.0182 e. The molecule has 1 N–H and O–H groups in total. The van der Waals surface area contributed by atoms with Crippen LogP contribution in [0.2, 0.25) is 0 Å². The monoisotopic (exact) mass is 203 g/mol. The highest BCUT2D eigenvalue weighted by atomic mass is 14.8. The summed E-state index contributed by atoms with van der Waals surface area (Å²) in [6.45, 7) is 7.45. The Morgan fingerprint density at radius 3 is 2.60 bits per heavy atom. The van der Waals surface area contributed by atoms with Crippen LogP contribution in [-0.4, -0.2) is 6.54 Å². The van der Waals surface area contributed by atoms with Crippen LogP contribution < -0.4 is 5.32 Å². The molecule has 0 spiro atoms. The van der Waals surface area contributed by atoms with Crippen molar-refractivity contribution in [3.8, 4) is 0 Å². The van der Waals surface area contributed by atoms with Crippen molar-refractivity contribution in [2.45, 2.75) is 33.6 Å². The molecule has 1 heterocycles. The molecule has 0 saturated heterocycles. The van der Waals surface area contributed by atoms with Crippen molar-refractivity contribution in [2.75, 3.05) is 6.54 Å². The summed E-state index contributed by atoms with van der Waals surface area (Å²) in [6, 6.07) is 8.60. The summed E-state index contributed by atoms with van der Waals surface area (Å²) >= 11 is 0. The van der Waals surface area contributed by atoms with Crippen LogP contribution in [0, 0.1) is 0 Å². The first-order valence-electron chi connectivity index (χ1n) is 5.78.